The third-order valence-corrected chi connectivity index (χ3v) is 11.3. The zero-order chi connectivity index (χ0) is 39.3. The average Bonchev–Trinajstić information content (AvgIpc) is 3.10. The first-order chi connectivity index (χ1) is 24.2. The first-order valence-corrected chi connectivity index (χ1v) is 18.3. The standard InChI is InChI=1S/C40H61NO11/c1-13-28-15-17-29(18-16-28)21-41(11)30-19-23(4)49-38(34(30)50-27(8)42)52-36-25(6)33(44)26(7)37(46)51-31(14-2)40(10,47)35(45)24(5)32(43)22(3)20-39(36,9)48-12/h1,15-18,22-26,30-31,33-36,38,44-45,47H,14,19-21H2,2-12H3/t22-,23-,24+,25+,26-,30+,31-,33+,34+,35-,36-,38+,39-,40-/m1/s1. The smallest absolute Gasteiger partial charge is 0.311 e. The van der Waals surface area contributed by atoms with E-state index in [1.807, 2.05) is 38.2 Å². The van der Waals surface area contributed by atoms with Crippen molar-refractivity contribution in [2.45, 2.75) is 148 Å². The first-order valence-electron chi connectivity index (χ1n) is 18.3. The molecule has 0 aromatic heterocycles. The molecule has 3 rings (SSSR count). The highest BCUT2D eigenvalue weighted by Gasteiger charge is 2.52. The van der Waals surface area contributed by atoms with Gasteiger partial charge in [0.25, 0.3) is 0 Å². The van der Waals surface area contributed by atoms with Crippen LogP contribution in [0.2, 0.25) is 0 Å². The first kappa shape index (κ1) is 43.5. The van der Waals surface area contributed by atoms with E-state index in [9.17, 15) is 29.7 Å². The lowest BCUT2D eigenvalue weighted by Crippen LogP contribution is -2.61. The molecule has 1 aromatic carbocycles. The van der Waals surface area contributed by atoms with Gasteiger partial charge in [0, 0.05) is 43.9 Å². The van der Waals surface area contributed by atoms with Crippen LogP contribution in [0.4, 0.5) is 0 Å². The van der Waals surface area contributed by atoms with Crippen LogP contribution in [0.25, 0.3) is 0 Å². The van der Waals surface area contributed by atoms with Gasteiger partial charge in [0.05, 0.1) is 42.0 Å². The highest BCUT2D eigenvalue weighted by Crippen LogP contribution is 2.40. The van der Waals surface area contributed by atoms with Gasteiger partial charge in [-0.3, -0.25) is 19.3 Å². The number of ketones is 1. The van der Waals surface area contributed by atoms with Crippen molar-refractivity contribution in [1.29, 1.82) is 0 Å². The molecule has 1 aromatic rings. The molecule has 0 aliphatic carbocycles. The molecule has 2 saturated heterocycles. The van der Waals surface area contributed by atoms with E-state index in [0.717, 1.165) is 11.1 Å². The predicted molar refractivity (Wildman–Crippen MR) is 194 cm³/mol. The minimum atomic E-state index is -1.95. The van der Waals surface area contributed by atoms with Crippen molar-refractivity contribution in [3.05, 3.63) is 35.4 Å². The lowest BCUT2D eigenvalue weighted by molar-refractivity contribution is -0.304. The summed E-state index contributed by atoms with van der Waals surface area (Å²) in [5.41, 5.74) is -1.47. The summed E-state index contributed by atoms with van der Waals surface area (Å²) in [4.78, 5) is 42.1. The van der Waals surface area contributed by atoms with E-state index in [0.29, 0.717) is 13.0 Å². The third kappa shape index (κ3) is 9.80. The van der Waals surface area contributed by atoms with Crippen LogP contribution in [0, 0.1) is 36.0 Å². The molecule has 292 valence electrons. The number of aliphatic hydroxyl groups excluding tert-OH is 2. The summed E-state index contributed by atoms with van der Waals surface area (Å²) >= 11 is 0. The van der Waals surface area contributed by atoms with E-state index in [1.54, 1.807) is 27.7 Å². The number of benzene rings is 1. The van der Waals surface area contributed by atoms with E-state index in [1.165, 1.54) is 34.8 Å². The van der Waals surface area contributed by atoms with Gasteiger partial charge in [0.1, 0.15) is 17.5 Å². The summed E-state index contributed by atoms with van der Waals surface area (Å²) in [5, 5.41) is 34.5. The maximum atomic E-state index is 13.9. The van der Waals surface area contributed by atoms with Crippen LogP contribution >= 0.6 is 0 Å². The molecule has 52 heavy (non-hydrogen) atoms. The molecule has 2 aliphatic rings. The summed E-state index contributed by atoms with van der Waals surface area (Å²) in [5.74, 6) is -2.72. The van der Waals surface area contributed by atoms with E-state index in [2.05, 4.69) is 10.8 Å². The van der Waals surface area contributed by atoms with E-state index in [-0.39, 0.29) is 30.8 Å². The Labute approximate surface area is 309 Å². The third-order valence-electron chi connectivity index (χ3n) is 11.3. The fourth-order valence-corrected chi connectivity index (χ4v) is 7.93. The molecule has 14 atom stereocenters. The van der Waals surface area contributed by atoms with Crippen LogP contribution < -0.4 is 0 Å². The van der Waals surface area contributed by atoms with Gasteiger partial charge in [-0.05, 0) is 71.7 Å². The van der Waals surface area contributed by atoms with Crippen molar-refractivity contribution in [3.8, 4) is 12.3 Å². The number of hydrogen-bond acceptors (Lipinski definition) is 12. The Balaban J connectivity index is 2.09. The Bertz CT molecular complexity index is 1410. The number of ether oxygens (including phenoxy) is 5. The van der Waals surface area contributed by atoms with Crippen molar-refractivity contribution in [3.63, 3.8) is 0 Å². The molecule has 0 spiro atoms. The van der Waals surface area contributed by atoms with E-state index >= 15 is 0 Å². The molecular formula is C40H61NO11. The van der Waals surface area contributed by atoms with Gasteiger partial charge < -0.3 is 39.0 Å². The number of aliphatic hydroxyl groups is 3. The molecule has 12 heteroatoms. The van der Waals surface area contributed by atoms with E-state index in [4.69, 9.17) is 30.1 Å². The molecular weight excluding hydrogens is 670 g/mol. The van der Waals surface area contributed by atoms with Crippen molar-refractivity contribution in [1.82, 2.24) is 4.90 Å². The molecule has 12 nitrogen and oxygen atoms in total. The second kappa shape index (κ2) is 18.0. The topological polar surface area (TPSA) is 161 Å². The number of methoxy groups -OCH3 is 1. The SMILES string of the molecule is C#Cc1ccc(CN(C)[C@H]2C[C@@H](C)O[C@@H](O[C@@H]3[C@@H](C)[C@H](O)[C@@H](C)C(=O)O[C@H](CC)[C@@](C)(O)[C@H](O)[C@@H](C)C(=O)[C@H](C)C[C@@]3(C)OC)[C@H]2OC(C)=O)cc1. The lowest BCUT2D eigenvalue weighted by Gasteiger charge is -2.49. The zero-order valence-electron chi connectivity index (χ0n) is 32.7. The van der Waals surface area contributed by atoms with Crippen LogP contribution in [-0.4, -0.2) is 112 Å². The van der Waals surface area contributed by atoms with E-state index < -0.39 is 83.6 Å². The fraction of sp³-hybridized carbons (Fsp3) is 0.725. The molecule has 0 radical (unpaired) electrons. The van der Waals surface area contributed by atoms with Gasteiger partial charge in [-0.15, -0.1) is 6.42 Å². The summed E-state index contributed by atoms with van der Waals surface area (Å²) < 4.78 is 31.0. The minimum absolute atomic E-state index is 0.0801. The van der Waals surface area contributed by atoms with Crippen LogP contribution in [0.1, 0.15) is 92.7 Å². The number of Topliss-reactive ketones (excluding diaryl/α,β-unsaturated/α-hetero) is 1. The average molecular weight is 732 g/mol. The number of cyclic esters (lactones) is 1. The normalized spacial score (nSPS) is 39.7. The van der Waals surface area contributed by atoms with Gasteiger partial charge in [0.15, 0.2) is 12.4 Å². The Hall–Kier alpha value is -2.89. The number of carbonyl (C=O) groups is 3. The number of carbonyl (C=O) groups excluding carboxylic acids is 3. The predicted octanol–water partition coefficient (Wildman–Crippen LogP) is 3.64. The second-order valence-corrected chi connectivity index (χ2v) is 15.5. The summed E-state index contributed by atoms with van der Waals surface area (Å²) in [6, 6.07) is 7.28. The second-order valence-electron chi connectivity index (χ2n) is 15.5. The molecule has 2 fully saturated rings. The Kier molecular flexibility index (Phi) is 15.0. The van der Waals surface area contributed by atoms with Crippen molar-refractivity contribution in [2.75, 3.05) is 14.2 Å². The molecule has 0 unspecified atom stereocenters. The van der Waals surface area contributed by atoms with Crippen LogP contribution in [0.15, 0.2) is 24.3 Å². The number of hydrogen-bond donors (Lipinski definition) is 3. The molecule has 0 amide bonds. The largest absolute Gasteiger partial charge is 0.459 e. The van der Waals surface area contributed by atoms with Gasteiger partial charge in [-0.25, -0.2) is 0 Å². The van der Waals surface area contributed by atoms with Gasteiger partial charge in [-0.2, -0.15) is 0 Å². The van der Waals surface area contributed by atoms with Gasteiger partial charge in [-0.1, -0.05) is 45.7 Å². The lowest BCUT2D eigenvalue weighted by atomic mass is 9.74. The Morgan fingerprint density at radius 3 is 2.23 bits per heavy atom. The number of likely N-dealkylation sites (N-methyl/N-ethyl adjacent to an activating group) is 1. The molecule has 2 aliphatic heterocycles. The quantitative estimate of drug-likeness (QED) is 0.264. The maximum absolute atomic E-state index is 13.9. The van der Waals surface area contributed by atoms with Crippen LogP contribution in [0.3, 0.4) is 0 Å². The molecule has 0 bridgehead atoms. The maximum Gasteiger partial charge on any atom is 0.311 e. The van der Waals surface area contributed by atoms with Crippen LogP contribution in [0.5, 0.6) is 0 Å². The zero-order valence-corrected chi connectivity index (χ0v) is 32.7. The van der Waals surface area contributed by atoms with Gasteiger partial charge >= 0.3 is 11.9 Å². The molecule has 0 saturated carbocycles. The minimum Gasteiger partial charge on any atom is -0.459 e. The number of esters is 2. The summed E-state index contributed by atoms with van der Waals surface area (Å²) in [7, 11) is 3.40. The Morgan fingerprint density at radius 1 is 1.08 bits per heavy atom. The van der Waals surface area contributed by atoms with Crippen molar-refractivity contribution < 1.29 is 53.4 Å². The highest BCUT2D eigenvalue weighted by molar-refractivity contribution is 5.83. The monoisotopic (exact) mass is 731 g/mol. The van der Waals surface area contributed by atoms with Crippen LogP contribution in [-0.2, 0) is 44.6 Å². The fourth-order valence-electron chi connectivity index (χ4n) is 7.93. The number of nitrogens with zero attached hydrogens (tertiary/aromatic N) is 1. The highest BCUT2D eigenvalue weighted by atomic mass is 16.7. The molecule has 2 heterocycles. The summed E-state index contributed by atoms with van der Waals surface area (Å²) in [6.45, 7) is 15.0. The Morgan fingerprint density at radius 2 is 1.69 bits per heavy atom. The molecule has 3 N–H and O–H groups in total. The van der Waals surface area contributed by atoms with Gasteiger partial charge in [0.2, 0.25) is 0 Å². The van der Waals surface area contributed by atoms with Crippen molar-refractivity contribution in [2.24, 2.45) is 23.7 Å². The summed E-state index contributed by atoms with van der Waals surface area (Å²) in [6.07, 6.45) is -1.20. The van der Waals surface area contributed by atoms with Crippen molar-refractivity contribution >= 4 is 17.7 Å². The number of rotatable bonds is 8. The number of terminal acetylenes is 1.